The van der Waals surface area contributed by atoms with E-state index in [1.807, 2.05) is 24.3 Å². The Kier molecular flexibility index (Phi) is 2.05. The van der Waals surface area contributed by atoms with Gasteiger partial charge in [0.25, 0.3) is 0 Å². The van der Waals surface area contributed by atoms with Crippen LogP contribution in [0.5, 0.6) is 5.75 Å². The average Bonchev–Trinajstić information content (AvgIpc) is 2.97. The van der Waals surface area contributed by atoms with E-state index < -0.39 is 0 Å². The number of ether oxygens (including phenoxy) is 1. The lowest BCUT2D eigenvalue weighted by atomic mass is 10.1. The van der Waals surface area contributed by atoms with E-state index >= 15 is 0 Å². The molecule has 1 fully saturated rings. The van der Waals surface area contributed by atoms with Gasteiger partial charge in [-0.15, -0.1) is 0 Å². The molecule has 0 bridgehead atoms. The highest BCUT2D eigenvalue weighted by atomic mass is 16.5. The Balaban J connectivity index is 2.11. The van der Waals surface area contributed by atoms with Gasteiger partial charge in [-0.2, -0.15) is 0 Å². The van der Waals surface area contributed by atoms with E-state index in [2.05, 4.69) is 0 Å². The van der Waals surface area contributed by atoms with Crippen molar-refractivity contribution >= 4 is 6.29 Å². The van der Waals surface area contributed by atoms with E-state index in [1.54, 1.807) is 7.11 Å². The number of carbonyl (C=O) groups excluding carboxylic acids is 1. The van der Waals surface area contributed by atoms with Gasteiger partial charge in [0.1, 0.15) is 12.0 Å². The molecule has 2 unspecified atom stereocenters. The third-order valence-electron chi connectivity index (χ3n) is 2.56. The van der Waals surface area contributed by atoms with Crippen LogP contribution in [-0.4, -0.2) is 13.4 Å². The molecule has 2 nitrogen and oxygen atoms in total. The van der Waals surface area contributed by atoms with Gasteiger partial charge in [0, 0.05) is 5.92 Å². The maximum absolute atomic E-state index is 10.4. The molecule has 1 aromatic rings. The van der Waals surface area contributed by atoms with E-state index in [4.69, 9.17) is 4.74 Å². The molecule has 2 atom stereocenters. The number of hydrogen-bond donors (Lipinski definition) is 0. The van der Waals surface area contributed by atoms with E-state index in [0.717, 1.165) is 18.5 Å². The van der Waals surface area contributed by atoms with Crippen LogP contribution in [0.1, 0.15) is 17.9 Å². The van der Waals surface area contributed by atoms with Crippen LogP contribution in [0.15, 0.2) is 24.3 Å². The van der Waals surface area contributed by atoms with E-state index in [1.165, 1.54) is 5.56 Å². The summed E-state index contributed by atoms with van der Waals surface area (Å²) < 4.78 is 5.05. The number of carbonyl (C=O) groups is 1. The lowest BCUT2D eigenvalue weighted by molar-refractivity contribution is -0.108. The maximum atomic E-state index is 10.4. The quantitative estimate of drug-likeness (QED) is 0.658. The minimum atomic E-state index is 0.258. The monoisotopic (exact) mass is 176 g/mol. The molecule has 1 aliphatic carbocycles. The smallest absolute Gasteiger partial charge is 0.123 e. The van der Waals surface area contributed by atoms with Gasteiger partial charge in [0.15, 0.2) is 0 Å². The van der Waals surface area contributed by atoms with Crippen molar-refractivity contribution in [3.8, 4) is 5.75 Å². The van der Waals surface area contributed by atoms with Crippen LogP contribution in [0.25, 0.3) is 0 Å². The number of aldehydes is 1. The Hall–Kier alpha value is -1.31. The van der Waals surface area contributed by atoms with Crippen molar-refractivity contribution in [2.45, 2.75) is 12.3 Å². The maximum Gasteiger partial charge on any atom is 0.123 e. The molecule has 0 amide bonds. The second-order valence-electron chi connectivity index (χ2n) is 3.42. The van der Waals surface area contributed by atoms with Gasteiger partial charge in [-0.05, 0) is 30.0 Å². The molecule has 1 saturated carbocycles. The minimum Gasteiger partial charge on any atom is -0.497 e. The van der Waals surface area contributed by atoms with Crippen molar-refractivity contribution in [2.75, 3.05) is 7.11 Å². The number of methoxy groups -OCH3 is 1. The third-order valence-corrected chi connectivity index (χ3v) is 2.56. The summed E-state index contributed by atoms with van der Waals surface area (Å²) in [6.45, 7) is 0. The van der Waals surface area contributed by atoms with E-state index in [-0.39, 0.29) is 5.92 Å². The van der Waals surface area contributed by atoms with Crippen LogP contribution in [-0.2, 0) is 4.79 Å². The van der Waals surface area contributed by atoms with E-state index in [9.17, 15) is 4.79 Å². The summed E-state index contributed by atoms with van der Waals surface area (Å²) in [5.74, 6) is 1.59. The molecule has 0 N–H and O–H groups in total. The third kappa shape index (κ3) is 1.57. The second kappa shape index (κ2) is 3.21. The van der Waals surface area contributed by atoms with Crippen LogP contribution in [0.3, 0.4) is 0 Å². The van der Waals surface area contributed by atoms with Crippen molar-refractivity contribution in [1.82, 2.24) is 0 Å². The Labute approximate surface area is 77.5 Å². The first-order valence-corrected chi connectivity index (χ1v) is 4.44. The van der Waals surface area contributed by atoms with Gasteiger partial charge in [-0.3, -0.25) is 0 Å². The highest BCUT2D eigenvalue weighted by molar-refractivity contribution is 5.61. The standard InChI is InChI=1S/C11H12O2/c1-13-10-4-2-8(3-5-10)11-6-9(11)7-12/h2-5,7,9,11H,6H2,1H3. The summed E-state index contributed by atoms with van der Waals surface area (Å²) in [5, 5.41) is 0. The molecule has 68 valence electrons. The van der Waals surface area contributed by atoms with Gasteiger partial charge in [0.05, 0.1) is 7.11 Å². The predicted octanol–water partition coefficient (Wildman–Crippen LogP) is 2.00. The first kappa shape index (κ1) is 8.30. The van der Waals surface area contributed by atoms with Crippen LogP contribution in [0.2, 0.25) is 0 Å². The van der Waals surface area contributed by atoms with Gasteiger partial charge in [-0.25, -0.2) is 0 Å². The first-order chi connectivity index (χ1) is 6.35. The number of rotatable bonds is 3. The predicted molar refractivity (Wildman–Crippen MR) is 49.9 cm³/mol. The summed E-state index contributed by atoms with van der Waals surface area (Å²) in [7, 11) is 1.65. The molecular formula is C11H12O2. The van der Waals surface area contributed by atoms with Crippen molar-refractivity contribution in [3.05, 3.63) is 29.8 Å². The largest absolute Gasteiger partial charge is 0.497 e. The minimum absolute atomic E-state index is 0.258. The first-order valence-electron chi connectivity index (χ1n) is 4.44. The van der Waals surface area contributed by atoms with Crippen LogP contribution in [0.4, 0.5) is 0 Å². The average molecular weight is 176 g/mol. The van der Waals surface area contributed by atoms with Gasteiger partial charge in [-0.1, -0.05) is 12.1 Å². The molecule has 1 aromatic carbocycles. The molecule has 0 saturated heterocycles. The zero-order valence-corrected chi connectivity index (χ0v) is 7.57. The van der Waals surface area contributed by atoms with Crippen LogP contribution in [0, 0.1) is 5.92 Å². The Morgan fingerprint density at radius 1 is 1.38 bits per heavy atom. The Morgan fingerprint density at radius 2 is 2.08 bits per heavy atom. The van der Waals surface area contributed by atoms with Crippen molar-refractivity contribution in [2.24, 2.45) is 5.92 Å². The zero-order chi connectivity index (χ0) is 9.26. The molecule has 0 aromatic heterocycles. The fourth-order valence-corrected chi connectivity index (χ4v) is 1.60. The SMILES string of the molecule is COc1ccc(C2CC2C=O)cc1. The summed E-state index contributed by atoms with van der Waals surface area (Å²) in [4.78, 5) is 10.4. The lowest BCUT2D eigenvalue weighted by Gasteiger charge is -2.01. The number of benzene rings is 1. The highest BCUT2D eigenvalue weighted by Gasteiger charge is 2.37. The number of hydrogen-bond acceptors (Lipinski definition) is 2. The molecule has 0 aliphatic heterocycles. The fraction of sp³-hybridized carbons (Fsp3) is 0.364. The van der Waals surface area contributed by atoms with Crippen molar-refractivity contribution in [3.63, 3.8) is 0 Å². The summed E-state index contributed by atoms with van der Waals surface area (Å²) in [5.41, 5.74) is 1.25. The highest BCUT2D eigenvalue weighted by Crippen LogP contribution is 2.46. The fourth-order valence-electron chi connectivity index (χ4n) is 1.60. The summed E-state index contributed by atoms with van der Waals surface area (Å²) >= 11 is 0. The normalized spacial score (nSPS) is 25.3. The van der Waals surface area contributed by atoms with Crippen LogP contribution >= 0.6 is 0 Å². The zero-order valence-electron chi connectivity index (χ0n) is 7.57. The molecule has 0 spiro atoms. The molecule has 0 radical (unpaired) electrons. The van der Waals surface area contributed by atoms with Gasteiger partial charge in [0.2, 0.25) is 0 Å². The van der Waals surface area contributed by atoms with Gasteiger partial charge >= 0.3 is 0 Å². The molecule has 2 heteroatoms. The second-order valence-corrected chi connectivity index (χ2v) is 3.42. The van der Waals surface area contributed by atoms with Crippen molar-refractivity contribution in [1.29, 1.82) is 0 Å². The van der Waals surface area contributed by atoms with Crippen LogP contribution < -0.4 is 4.74 Å². The van der Waals surface area contributed by atoms with Crippen molar-refractivity contribution < 1.29 is 9.53 Å². The Bertz CT molecular complexity index is 302. The molecular weight excluding hydrogens is 164 g/mol. The summed E-state index contributed by atoms with van der Waals surface area (Å²) in [6.07, 6.45) is 2.06. The topological polar surface area (TPSA) is 26.3 Å². The van der Waals surface area contributed by atoms with E-state index in [0.29, 0.717) is 5.92 Å². The lowest BCUT2D eigenvalue weighted by Crippen LogP contribution is -1.86. The molecule has 1 aliphatic rings. The summed E-state index contributed by atoms with van der Waals surface area (Å²) in [6, 6.07) is 7.95. The Morgan fingerprint density at radius 3 is 2.54 bits per heavy atom. The molecule has 13 heavy (non-hydrogen) atoms. The van der Waals surface area contributed by atoms with Gasteiger partial charge < -0.3 is 9.53 Å². The molecule has 0 heterocycles. The molecule has 2 rings (SSSR count).